The van der Waals surface area contributed by atoms with E-state index in [4.69, 9.17) is 9.47 Å². The molecule has 1 unspecified atom stereocenters. The van der Waals surface area contributed by atoms with E-state index in [2.05, 4.69) is 22.6 Å². The van der Waals surface area contributed by atoms with Gasteiger partial charge in [-0.25, -0.2) is 8.42 Å². The number of sulfone groups is 1. The number of nitrogens with zero attached hydrogens (tertiary/aromatic N) is 1. The second kappa shape index (κ2) is 9.13. The van der Waals surface area contributed by atoms with Gasteiger partial charge in [-0.15, -0.1) is 0 Å². The molecule has 0 N–H and O–H groups in total. The van der Waals surface area contributed by atoms with Crippen LogP contribution >= 0.6 is 22.6 Å². The predicted octanol–water partition coefficient (Wildman–Crippen LogP) is 2.89. The zero-order valence-electron chi connectivity index (χ0n) is 15.5. The van der Waals surface area contributed by atoms with Crippen LogP contribution < -0.4 is 9.47 Å². The molecular formula is C20H22INO5S. The van der Waals surface area contributed by atoms with Gasteiger partial charge in [-0.3, -0.25) is 4.79 Å². The smallest absolute Gasteiger partial charge is 0.261 e. The lowest BCUT2D eigenvalue weighted by atomic mass is 10.1. The van der Waals surface area contributed by atoms with E-state index in [1.807, 2.05) is 48.5 Å². The van der Waals surface area contributed by atoms with Crippen LogP contribution in [0.25, 0.3) is 0 Å². The maximum absolute atomic E-state index is 12.9. The largest absolute Gasteiger partial charge is 0.497 e. The Morgan fingerprint density at radius 1 is 1.11 bits per heavy atom. The Morgan fingerprint density at radius 3 is 2.32 bits per heavy atom. The summed E-state index contributed by atoms with van der Waals surface area (Å²) >= 11 is 2.20. The Bertz CT molecular complexity index is 913. The highest BCUT2D eigenvalue weighted by molar-refractivity contribution is 14.1. The first kappa shape index (κ1) is 20.9. The van der Waals surface area contributed by atoms with Crippen LogP contribution in [0.1, 0.15) is 12.0 Å². The molecular weight excluding hydrogens is 493 g/mol. The number of carbonyl (C=O) groups excluding carboxylic acids is 1. The average Bonchev–Trinajstić information content (AvgIpc) is 3.05. The number of amides is 1. The number of hydrogen-bond donors (Lipinski definition) is 0. The number of hydrogen-bond acceptors (Lipinski definition) is 5. The molecule has 8 heteroatoms. The Hall–Kier alpha value is -1.81. The molecule has 28 heavy (non-hydrogen) atoms. The van der Waals surface area contributed by atoms with Crippen molar-refractivity contribution >= 4 is 38.3 Å². The zero-order valence-corrected chi connectivity index (χ0v) is 18.5. The van der Waals surface area contributed by atoms with Crippen LogP contribution in [0.3, 0.4) is 0 Å². The third kappa shape index (κ3) is 5.60. The molecule has 1 fully saturated rings. The summed E-state index contributed by atoms with van der Waals surface area (Å²) in [5.41, 5.74) is 0.910. The van der Waals surface area contributed by atoms with Gasteiger partial charge in [0.2, 0.25) is 0 Å². The van der Waals surface area contributed by atoms with Crippen LogP contribution in [0.4, 0.5) is 0 Å². The predicted molar refractivity (Wildman–Crippen MR) is 115 cm³/mol. The van der Waals surface area contributed by atoms with Crippen LogP contribution in [-0.2, 0) is 21.2 Å². The summed E-state index contributed by atoms with van der Waals surface area (Å²) in [5, 5.41) is 0. The minimum Gasteiger partial charge on any atom is -0.497 e. The van der Waals surface area contributed by atoms with Crippen molar-refractivity contribution < 1.29 is 22.7 Å². The second-order valence-corrected chi connectivity index (χ2v) is 10.1. The van der Waals surface area contributed by atoms with Gasteiger partial charge in [0.05, 0.1) is 18.6 Å². The van der Waals surface area contributed by atoms with Crippen molar-refractivity contribution in [3.63, 3.8) is 0 Å². The van der Waals surface area contributed by atoms with Gasteiger partial charge in [-0.05, 0) is 71.0 Å². The molecule has 1 amide bonds. The third-order valence-electron chi connectivity index (χ3n) is 4.66. The van der Waals surface area contributed by atoms with E-state index in [9.17, 15) is 13.2 Å². The van der Waals surface area contributed by atoms with Gasteiger partial charge in [0.1, 0.15) is 11.5 Å². The fraction of sp³-hybridized carbons (Fsp3) is 0.350. The summed E-state index contributed by atoms with van der Waals surface area (Å²) in [5.74, 6) is 1.22. The highest BCUT2D eigenvalue weighted by Gasteiger charge is 2.34. The van der Waals surface area contributed by atoms with Crippen molar-refractivity contribution in [3.8, 4) is 11.5 Å². The van der Waals surface area contributed by atoms with E-state index >= 15 is 0 Å². The Labute approximate surface area is 178 Å². The molecule has 1 aliphatic heterocycles. The quantitative estimate of drug-likeness (QED) is 0.531. The van der Waals surface area contributed by atoms with Gasteiger partial charge in [-0.1, -0.05) is 12.1 Å². The summed E-state index contributed by atoms with van der Waals surface area (Å²) in [6, 6.07) is 14.5. The topological polar surface area (TPSA) is 72.9 Å². The van der Waals surface area contributed by atoms with Crippen molar-refractivity contribution in [2.24, 2.45) is 0 Å². The first-order chi connectivity index (χ1) is 13.4. The number of methoxy groups -OCH3 is 1. The summed E-state index contributed by atoms with van der Waals surface area (Å²) in [4.78, 5) is 14.5. The monoisotopic (exact) mass is 515 g/mol. The summed E-state index contributed by atoms with van der Waals surface area (Å²) < 4.78 is 35.7. The van der Waals surface area contributed by atoms with Crippen LogP contribution in [0.5, 0.6) is 11.5 Å². The van der Waals surface area contributed by atoms with Crippen LogP contribution in [-0.4, -0.2) is 50.5 Å². The molecule has 0 aliphatic carbocycles. The molecule has 0 spiro atoms. The summed E-state index contributed by atoms with van der Waals surface area (Å²) in [6.45, 7) is 0.201. The standard InChI is InChI=1S/C20H22INO5S/c1-26-18-6-2-15(3-7-18)12-22(17-10-11-28(24,25)14-17)20(23)13-27-19-8-4-16(21)5-9-19/h2-9,17H,10-14H2,1H3. The SMILES string of the molecule is COc1ccc(CN(C(=O)COc2ccc(I)cc2)C2CCS(=O)(=O)C2)cc1. The lowest BCUT2D eigenvalue weighted by molar-refractivity contribution is -0.136. The molecule has 2 aromatic carbocycles. The van der Waals surface area contributed by atoms with Crippen molar-refractivity contribution in [1.82, 2.24) is 4.90 Å². The molecule has 6 nitrogen and oxygen atoms in total. The van der Waals surface area contributed by atoms with Gasteiger partial charge in [0.25, 0.3) is 5.91 Å². The fourth-order valence-corrected chi connectivity index (χ4v) is 5.22. The number of carbonyl (C=O) groups is 1. The van der Waals surface area contributed by atoms with Crippen LogP contribution in [0.2, 0.25) is 0 Å². The third-order valence-corrected chi connectivity index (χ3v) is 7.13. The number of ether oxygens (including phenoxy) is 2. The molecule has 2 aromatic rings. The molecule has 1 heterocycles. The maximum atomic E-state index is 12.9. The molecule has 1 atom stereocenters. The van der Waals surface area contributed by atoms with Crippen LogP contribution in [0, 0.1) is 3.57 Å². The van der Waals surface area contributed by atoms with Gasteiger partial charge >= 0.3 is 0 Å². The minimum absolute atomic E-state index is 0.00156. The average molecular weight is 515 g/mol. The first-order valence-electron chi connectivity index (χ1n) is 8.87. The number of rotatable bonds is 7. The van der Waals surface area contributed by atoms with Crippen molar-refractivity contribution in [2.45, 2.75) is 19.0 Å². The fourth-order valence-electron chi connectivity index (χ4n) is 3.13. The lowest BCUT2D eigenvalue weighted by Crippen LogP contribution is -2.43. The zero-order chi connectivity index (χ0) is 20.1. The Balaban J connectivity index is 1.72. The molecule has 0 radical (unpaired) electrons. The lowest BCUT2D eigenvalue weighted by Gasteiger charge is -2.28. The van der Waals surface area contributed by atoms with Crippen LogP contribution in [0.15, 0.2) is 48.5 Å². The molecule has 150 valence electrons. The second-order valence-electron chi connectivity index (χ2n) is 6.67. The van der Waals surface area contributed by atoms with Gasteiger partial charge in [0, 0.05) is 16.2 Å². The van der Waals surface area contributed by atoms with Gasteiger partial charge in [0.15, 0.2) is 16.4 Å². The molecule has 1 aliphatic rings. The molecule has 0 saturated carbocycles. The molecule has 0 bridgehead atoms. The number of halogens is 1. The highest BCUT2D eigenvalue weighted by Crippen LogP contribution is 2.22. The normalized spacial score (nSPS) is 17.9. The summed E-state index contributed by atoms with van der Waals surface area (Å²) in [6.07, 6.45) is 0.452. The first-order valence-corrected chi connectivity index (χ1v) is 11.8. The van der Waals surface area contributed by atoms with E-state index in [0.717, 1.165) is 14.9 Å². The van der Waals surface area contributed by atoms with E-state index in [1.165, 1.54) is 0 Å². The van der Waals surface area contributed by atoms with Crippen molar-refractivity contribution in [3.05, 3.63) is 57.7 Å². The van der Waals surface area contributed by atoms with Crippen molar-refractivity contribution in [2.75, 3.05) is 25.2 Å². The Morgan fingerprint density at radius 2 is 1.75 bits per heavy atom. The maximum Gasteiger partial charge on any atom is 0.261 e. The van der Waals surface area contributed by atoms with Crippen molar-refractivity contribution in [1.29, 1.82) is 0 Å². The molecule has 1 saturated heterocycles. The highest BCUT2D eigenvalue weighted by atomic mass is 127. The molecule has 0 aromatic heterocycles. The molecule has 3 rings (SSSR count). The van der Waals surface area contributed by atoms with E-state index in [-0.39, 0.29) is 30.1 Å². The van der Waals surface area contributed by atoms with E-state index in [0.29, 0.717) is 18.7 Å². The summed E-state index contributed by atoms with van der Waals surface area (Å²) in [7, 11) is -1.51. The number of benzene rings is 2. The van der Waals surface area contributed by atoms with Gasteiger partial charge < -0.3 is 14.4 Å². The van der Waals surface area contributed by atoms with E-state index in [1.54, 1.807) is 12.0 Å². The van der Waals surface area contributed by atoms with E-state index < -0.39 is 9.84 Å². The van der Waals surface area contributed by atoms with Gasteiger partial charge in [-0.2, -0.15) is 0 Å². The minimum atomic E-state index is -3.10. The Kier molecular flexibility index (Phi) is 6.82.